The highest BCUT2D eigenvalue weighted by Crippen LogP contribution is 2.37. The van der Waals surface area contributed by atoms with E-state index in [1.165, 1.54) is 6.07 Å². The molecule has 2 aliphatic heterocycles. The lowest BCUT2D eigenvalue weighted by Gasteiger charge is -2.30. The Morgan fingerprint density at radius 2 is 2.13 bits per heavy atom. The van der Waals surface area contributed by atoms with E-state index in [0.29, 0.717) is 30.7 Å². The summed E-state index contributed by atoms with van der Waals surface area (Å²) in [5.74, 6) is -0.410. The zero-order valence-corrected chi connectivity index (χ0v) is 12.9. The number of H-pyrrole nitrogens is 1. The molecule has 3 N–H and O–H groups in total. The Morgan fingerprint density at radius 3 is 2.83 bits per heavy atom. The maximum atomic E-state index is 14.8. The summed E-state index contributed by atoms with van der Waals surface area (Å²) in [5, 5.41) is 0.246. The molecule has 6 nitrogen and oxygen atoms in total. The zero-order valence-electron chi connectivity index (χ0n) is 12.9. The van der Waals surface area contributed by atoms with Crippen molar-refractivity contribution in [1.29, 1.82) is 0 Å². The number of nitrogens with two attached hydrogens (primary N) is 1. The molecule has 2 atom stereocenters. The summed E-state index contributed by atoms with van der Waals surface area (Å²) in [5.41, 5.74) is 6.85. The number of rotatable bonds is 1. The largest absolute Gasteiger partial charge is 0.367 e. The summed E-state index contributed by atoms with van der Waals surface area (Å²) in [4.78, 5) is 28.6. The van der Waals surface area contributed by atoms with Crippen LogP contribution in [0.25, 0.3) is 10.9 Å². The van der Waals surface area contributed by atoms with Gasteiger partial charge in [0.25, 0.3) is 5.56 Å². The van der Waals surface area contributed by atoms with Gasteiger partial charge in [0.05, 0.1) is 16.6 Å². The molecule has 0 aliphatic carbocycles. The third-order valence-electron chi connectivity index (χ3n) is 5.04. The molecule has 0 spiro atoms. The number of nitrogens with one attached hydrogen (secondary N) is 1. The Morgan fingerprint density at radius 1 is 1.35 bits per heavy atom. The molecule has 0 saturated carbocycles. The molecule has 1 saturated heterocycles. The molecule has 2 aliphatic rings. The lowest BCUT2D eigenvalue weighted by atomic mass is 9.95. The third kappa shape index (κ3) is 2.03. The van der Waals surface area contributed by atoms with Crippen LogP contribution in [0.1, 0.15) is 31.4 Å². The minimum Gasteiger partial charge on any atom is -0.367 e. The summed E-state index contributed by atoms with van der Waals surface area (Å²) in [6, 6.07) is 1.26. The van der Waals surface area contributed by atoms with E-state index in [1.807, 2.05) is 11.8 Å². The fourth-order valence-electron chi connectivity index (χ4n) is 3.93. The van der Waals surface area contributed by atoms with Gasteiger partial charge < -0.3 is 10.6 Å². The number of aryl methyl sites for hydroxylation is 1. The SMILES string of the molecule is CC1CCc2c(N3CC[C@H](N)C3)c(F)cc3c(=O)[nH]c(=O)n1c23. The Bertz CT molecular complexity index is 917. The van der Waals surface area contributed by atoms with Gasteiger partial charge in [0.15, 0.2) is 0 Å². The summed E-state index contributed by atoms with van der Waals surface area (Å²) in [6.45, 7) is 3.23. The van der Waals surface area contributed by atoms with E-state index in [2.05, 4.69) is 4.98 Å². The minimum atomic E-state index is -0.528. The van der Waals surface area contributed by atoms with Gasteiger partial charge >= 0.3 is 5.69 Å². The Kier molecular flexibility index (Phi) is 3.09. The predicted octanol–water partition coefficient (Wildman–Crippen LogP) is 0.874. The second-order valence-electron chi connectivity index (χ2n) is 6.59. The monoisotopic (exact) mass is 318 g/mol. The van der Waals surface area contributed by atoms with Crippen molar-refractivity contribution in [3.8, 4) is 0 Å². The second kappa shape index (κ2) is 4.92. The summed E-state index contributed by atoms with van der Waals surface area (Å²) in [6.07, 6.45) is 2.21. The molecule has 1 aromatic heterocycles. The van der Waals surface area contributed by atoms with Crippen LogP contribution in [0.4, 0.5) is 10.1 Å². The van der Waals surface area contributed by atoms with E-state index >= 15 is 0 Å². The van der Waals surface area contributed by atoms with Gasteiger partial charge in [0.2, 0.25) is 0 Å². The Balaban J connectivity index is 2.09. The number of aromatic amines is 1. The maximum Gasteiger partial charge on any atom is 0.329 e. The van der Waals surface area contributed by atoms with Crippen LogP contribution in [-0.4, -0.2) is 28.7 Å². The normalized spacial score (nSPS) is 23.7. The predicted molar refractivity (Wildman–Crippen MR) is 86.6 cm³/mol. The fraction of sp³-hybridized carbons (Fsp3) is 0.500. The lowest BCUT2D eigenvalue weighted by Crippen LogP contribution is -2.36. The van der Waals surface area contributed by atoms with Gasteiger partial charge in [-0.25, -0.2) is 9.18 Å². The Labute approximate surface area is 131 Å². The van der Waals surface area contributed by atoms with Crippen LogP contribution in [0.5, 0.6) is 0 Å². The first-order chi connectivity index (χ1) is 11.0. The molecule has 1 aromatic carbocycles. The average molecular weight is 318 g/mol. The molecule has 3 heterocycles. The standard InChI is InChI=1S/C16H19FN4O2/c1-8-2-3-10-13-11(15(22)19-16(23)21(8)13)6-12(17)14(10)20-5-4-9(18)7-20/h6,8-9H,2-5,7,18H2,1H3,(H,19,22,23)/t8?,9-/m0/s1. The molecule has 1 unspecified atom stereocenters. The van der Waals surface area contributed by atoms with Crippen molar-refractivity contribution in [2.24, 2.45) is 5.73 Å². The molecule has 4 rings (SSSR count). The van der Waals surface area contributed by atoms with Gasteiger partial charge in [0, 0.05) is 30.7 Å². The number of halogens is 1. The van der Waals surface area contributed by atoms with Gasteiger partial charge in [-0.05, 0) is 32.3 Å². The maximum absolute atomic E-state index is 14.8. The van der Waals surface area contributed by atoms with Crippen molar-refractivity contribution in [2.45, 2.75) is 38.3 Å². The molecule has 1 fully saturated rings. The van der Waals surface area contributed by atoms with E-state index in [-0.39, 0.29) is 17.5 Å². The first-order valence-corrected chi connectivity index (χ1v) is 7.98. The number of aromatic nitrogens is 2. The summed E-state index contributed by atoms with van der Waals surface area (Å²) >= 11 is 0. The first-order valence-electron chi connectivity index (χ1n) is 7.98. The minimum absolute atomic E-state index is 0.0199. The van der Waals surface area contributed by atoms with Crippen LogP contribution in [0, 0.1) is 5.82 Å². The molecule has 0 bridgehead atoms. The lowest BCUT2D eigenvalue weighted by molar-refractivity contribution is 0.478. The van der Waals surface area contributed by atoms with Gasteiger partial charge in [-0.1, -0.05) is 0 Å². The second-order valence-corrected chi connectivity index (χ2v) is 6.59. The molecule has 0 radical (unpaired) electrons. The van der Waals surface area contributed by atoms with Crippen LogP contribution >= 0.6 is 0 Å². The van der Waals surface area contributed by atoms with Crippen molar-refractivity contribution >= 4 is 16.6 Å². The number of hydrogen-bond acceptors (Lipinski definition) is 4. The first kappa shape index (κ1) is 14.4. The third-order valence-corrected chi connectivity index (χ3v) is 5.04. The van der Waals surface area contributed by atoms with Crippen molar-refractivity contribution in [3.63, 3.8) is 0 Å². The summed E-state index contributed by atoms with van der Waals surface area (Å²) < 4.78 is 16.3. The van der Waals surface area contributed by atoms with Gasteiger partial charge in [-0.2, -0.15) is 0 Å². The van der Waals surface area contributed by atoms with Crippen LogP contribution in [-0.2, 0) is 6.42 Å². The molecular formula is C16H19FN4O2. The van der Waals surface area contributed by atoms with Crippen molar-refractivity contribution in [2.75, 3.05) is 18.0 Å². The van der Waals surface area contributed by atoms with Crippen LogP contribution in [0.3, 0.4) is 0 Å². The van der Waals surface area contributed by atoms with E-state index in [9.17, 15) is 14.0 Å². The summed E-state index contributed by atoms with van der Waals surface area (Å²) in [7, 11) is 0. The van der Waals surface area contributed by atoms with Gasteiger partial charge in [0.1, 0.15) is 5.82 Å². The highest BCUT2D eigenvalue weighted by Gasteiger charge is 2.30. The molecule has 7 heteroatoms. The van der Waals surface area contributed by atoms with E-state index in [1.54, 1.807) is 4.57 Å². The Hall–Kier alpha value is -2.15. The van der Waals surface area contributed by atoms with Gasteiger partial charge in [-0.3, -0.25) is 14.3 Å². The molecule has 0 amide bonds. The smallest absolute Gasteiger partial charge is 0.329 e. The number of nitrogens with zero attached hydrogens (tertiary/aromatic N) is 2. The molecule has 23 heavy (non-hydrogen) atoms. The van der Waals surface area contributed by atoms with Crippen molar-refractivity contribution < 1.29 is 4.39 Å². The van der Waals surface area contributed by atoms with E-state index in [0.717, 1.165) is 18.4 Å². The van der Waals surface area contributed by atoms with E-state index in [4.69, 9.17) is 5.73 Å². The van der Waals surface area contributed by atoms with Gasteiger partial charge in [-0.15, -0.1) is 0 Å². The topological polar surface area (TPSA) is 84.1 Å². The fourth-order valence-corrected chi connectivity index (χ4v) is 3.93. The molecular weight excluding hydrogens is 299 g/mol. The quantitative estimate of drug-likeness (QED) is 0.817. The van der Waals surface area contributed by atoms with Crippen molar-refractivity contribution in [1.82, 2.24) is 9.55 Å². The van der Waals surface area contributed by atoms with Crippen LogP contribution < -0.4 is 21.9 Å². The number of hydrogen-bond donors (Lipinski definition) is 2. The van der Waals surface area contributed by atoms with E-state index < -0.39 is 17.1 Å². The van der Waals surface area contributed by atoms with Crippen LogP contribution in [0.15, 0.2) is 15.7 Å². The number of benzene rings is 1. The highest BCUT2D eigenvalue weighted by atomic mass is 19.1. The molecule has 2 aromatic rings. The highest BCUT2D eigenvalue weighted by molar-refractivity contribution is 5.88. The number of anilines is 1. The van der Waals surface area contributed by atoms with Crippen LogP contribution in [0.2, 0.25) is 0 Å². The zero-order chi connectivity index (χ0) is 16.3. The molecule has 122 valence electrons. The average Bonchev–Trinajstić information content (AvgIpc) is 2.91. The van der Waals surface area contributed by atoms with Crippen molar-refractivity contribution in [3.05, 3.63) is 38.3 Å².